The van der Waals surface area contributed by atoms with Crippen LogP contribution in [0.15, 0.2) is 108 Å². The number of amides is 1. The van der Waals surface area contributed by atoms with E-state index in [0.29, 0.717) is 38.3 Å². The number of anilines is 1. The summed E-state index contributed by atoms with van der Waals surface area (Å²) in [6.07, 6.45) is 7.65. The Balaban J connectivity index is 1.31. The molecule has 1 atom stereocenters. The Hall–Kier alpha value is -4.19. The normalized spacial score (nSPS) is 15.5. The van der Waals surface area contributed by atoms with Gasteiger partial charge in [-0.1, -0.05) is 77.9 Å². The van der Waals surface area contributed by atoms with E-state index in [1.165, 1.54) is 0 Å². The molecule has 4 rings (SSSR count). The fourth-order valence-electron chi connectivity index (χ4n) is 4.72. The van der Waals surface area contributed by atoms with E-state index in [-0.39, 0.29) is 23.1 Å². The molecule has 7 nitrogen and oxygen atoms in total. The second-order valence-electron chi connectivity index (χ2n) is 10.1. The molecule has 0 aliphatic carbocycles. The van der Waals surface area contributed by atoms with E-state index in [1.54, 1.807) is 53.6 Å². The van der Waals surface area contributed by atoms with Crippen LogP contribution in [0.5, 0.6) is 0 Å². The van der Waals surface area contributed by atoms with Crippen molar-refractivity contribution in [2.24, 2.45) is 0 Å². The van der Waals surface area contributed by atoms with Gasteiger partial charge in [-0.25, -0.2) is 8.42 Å². The van der Waals surface area contributed by atoms with Crippen LogP contribution in [-0.4, -0.2) is 32.4 Å². The van der Waals surface area contributed by atoms with Gasteiger partial charge in [0.15, 0.2) is 0 Å². The topological polar surface area (TPSA) is 99.5 Å². The minimum absolute atomic E-state index is 0.0225. The summed E-state index contributed by atoms with van der Waals surface area (Å²) in [6.45, 7) is 3.50. The monoisotopic (exact) mass is 569 g/mol. The van der Waals surface area contributed by atoms with E-state index in [9.17, 15) is 18.5 Å². The molecule has 41 heavy (non-hydrogen) atoms. The number of carbonyl (C=O) groups is 1. The summed E-state index contributed by atoms with van der Waals surface area (Å²) in [5.41, 5.74) is 4.30. The van der Waals surface area contributed by atoms with Gasteiger partial charge in [0.25, 0.3) is 10.0 Å². The van der Waals surface area contributed by atoms with Crippen molar-refractivity contribution in [2.75, 3.05) is 17.9 Å². The van der Waals surface area contributed by atoms with Crippen molar-refractivity contribution in [3.8, 4) is 6.07 Å². The minimum Gasteiger partial charge on any atom is -0.376 e. The number of para-hydroxylation sites is 1. The summed E-state index contributed by atoms with van der Waals surface area (Å²) in [7, 11) is -3.77. The summed E-state index contributed by atoms with van der Waals surface area (Å²) in [4.78, 5) is 14.9. The molecule has 0 radical (unpaired) electrons. The number of benzene rings is 3. The number of sulfonamides is 1. The fourth-order valence-corrected chi connectivity index (χ4v) is 5.80. The summed E-state index contributed by atoms with van der Waals surface area (Å²) in [6, 6.07) is 25.9. The third-order valence-corrected chi connectivity index (χ3v) is 8.38. The molecular formula is C33H35N3O4S. The second-order valence-corrected chi connectivity index (χ2v) is 11.8. The fraction of sp³-hybridized carbons (Fsp3) is 0.273. The smallest absolute Gasteiger partial charge is 0.261 e. The number of carbonyl (C=O) groups excluding carboxylic acids is 1. The highest BCUT2D eigenvalue weighted by atomic mass is 32.2. The predicted molar refractivity (Wildman–Crippen MR) is 160 cm³/mol. The van der Waals surface area contributed by atoms with Crippen molar-refractivity contribution >= 4 is 21.6 Å². The summed E-state index contributed by atoms with van der Waals surface area (Å²) in [5, 5.41) is 9.18. The number of nitrogens with zero attached hydrogens (tertiary/aromatic N) is 2. The number of nitriles is 1. The van der Waals surface area contributed by atoms with Gasteiger partial charge in [0, 0.05) is 31.2 Å². The predicted octanol–water partition coefficient (Wildman–Crippen LogP) is 6.46. The Morgan fingerprint density at radius 2 is 1.78 bits per heavy atom. The van der Waals surface area contributed by atoms with E-state index in [4.69, 9.17) is 4.74 Å². The van der Waals surface area contributed by atoms with Gasteiger partial charge in [0.05, 0.1) is 29.9 Å². The SMILES string of the molecule is Cc1ccc(S(=O)(=O)Nc2ccccc2[C@@H]2C=CN(CCCC(=CC#N)CCOCc3ccccc3)C(=O)C2)cc1. The molecule has 0 saturated heterocycles. The first-order chi connectivity index (χ1) is 19.9. The maximum atomic E-state index is 13.0. The number of hydrogen-bond acceptors (Lipinski definition) is 5. The number of aryl methyl sites for hydroxylation is 1. The standard InChI is InChI=1S/C33H35N3O4S/c1-26-13-15-30(16-14-26)41(38,39)35-32-12-6-5-11-31(32)29-18-22-36(33(37)24-29)21-7-10-27(17-20-34)19-23-40-25-28-8-3-2-4-9-28/h2-6,8-9,11-18,22,29,35H,7,10,19,21,23-25H2,1H3/t29-/m1/s1. The lowest BCUT2D eigenvalue weighted by molar-refractivity contribution is -0.129. The molecule has 1 aliphatic rings. The van der Waals surface area contributed by atoms with Crippen molar-refractivity contribution in [1.82, 2.24) is 4.90 Å². The molecule has 1 amide bonds. The molecule has 1 N–H and O–H groups in total. The number of rotatable bonds is 13. The number of ether oxygens (including phenoxy) is 1. The van der Waals surface area contributed by atoms with Crippen LogP contribution in [0.3, 0.4) is 0 Å². The summed E-state index contributed by atoms with van der Waals surface area (Å²) in [5.74, 6) is -0.267. The Bertz CT molecular complexity index is 1520. The van der Waals surface area contributed by atoms with Crippen LogP contribution in [-0.2, 0) is 26.2 Å². The maximum absolute atomic E-state index is 13.0. The van der Waals surface area contributed by atoms with Gasteiger partial charge in [-0.05, 0) is 55.5 Å². The first kappa shape index (κ1) is 29.8. The van der Waals surface area contributed by atoms with Crippen LogP contribution in [0.25, 0.3) is 0 Å². The molecule has 3 aromatic rings. The molecule has 1 heterocycles. The third-order valence-electron chi connectivity index (χ3n) is 6.99. The largest absolute Gasteiger partial charge is 0.376 e. The zero-order chi connectivity index (χ0) is 29.1. The number of hydrogen-bond donors (Lipinski definition) is 1. The lowest BCUT2D eigenvalue weighted by Crippen LogP contribution is -2.31. The van der Waals surface area contributed by atoms with Gasteiger partial charge >= 0.3 is 0 Å². The van der Waals surface area contributed by atoms with E-state index >= 15 is 0 Å². The van der Waals surface area contributed by atoms with Gasteiger partial charge in [-0.2, -0.15) is 5.26 Å². The van der Waals surface area contributed by atoms with Gasteiger partial charge < -0.3 is 9.64 Å². The maximum Gasteiger partial charge on any atom is 0.261 e. The lowest BCUT2D eigenvalue weighted by atomic mass is 9.91. The summed E-state index contributed by atoms with van der Waals surface area (Å²) >= 11 is 0. The van der Waals surface area contributed by atoms with E-state index < -0.39 is 10.0 Å². The van der Waals surface area contributed by atoms with E-state index in [2.05, 4.69) is 10.8 Å². The second kappa shape index (κ2) is 14.4. The van der Waals surface area contributed by atoms with Gasteiger partial charge in [0.1, 0.15) is 0 Å². The molecule has 1 aliphatic heterocycles. The molecule has 8 heteroatoms. The zero-order valence-corrected chi connectivity index (χ0v) is 24.0. The molecule has 0 spiro atoms. The highest BCUT2D eigenvalue weighted by Crippen LogP contribution is 2.33. The molecule has 0 unspecified atom stereocenters. The molecular weight excluding hydrogens is 534 g/mol. The van der Waals surface area contributed by atoms with Gasteiger partial charge in [-0.15, -0.1) is 0 Å². The highest BCUT2D eigenvalue weighted by molar-refractivity contribution is 7.92. The Labute approximate surface area is 242 Å². The first-order valence-corrected chi connectivity index (χ1v) is 15.2. The molecule has 0 fully saturated rings. The average molecular weight is 570 g/mol. The number of nitrogens with one attached hydrogen (secondary N) is 1. The van der Waals surface area contributed by atoms with Crippen LogP contribution < -0.4 is 4.72 Å². The lowest BCUT2D eigenvalue weighted by Gasteiger charge is -2.27. The van der Waals surface area contributed by atoms with Crippen LogP contribution in [0.4, 0.5) is 5.69 Å². The molecule has 212 valence electrons. The first-order valence-electron chi connectivity index (χ1n) is 13.7. The Morgan fingerprint density at radius 3 is 2.51 bits per heavy atom. The Morgan fingerprint density at radius 1 is 1.05 bits per heavy atom. The third kappa shape index (κ3) is 8.65. The van der Waals surface area contributed by atoms with Crippen LogP contribution in [0, 0.1) is 18.3 Å². The van der Waals surface area contributed by atoms with Gasteiger partial charge in [0.2, 0.25) is 5.91 Å². The summed E-state index contributed by atoms with van der Waals surface area (Å²) < 4.78 is 34.5. The Kier molecular flexibility index (Phi) is 10.5. The van der Waals surface area contributed by atoms with Crippen molar-refractivity contribution in [1.29, 1.82) is 5.26 Å². The van der Waals surface area contributed by atoms with E-state index in [1.807, 2.05) is 55.5 Å². The molecule has 0 aromatic heterocycles. The highest BCUT2D eigenvalue weighted by Gasteiger charge is 2.25. The number of allylic oxidation sites excluding steroid dienone is 2. The van der Waals surface area contributed by atoms with Crippen molar-refractivity contribution in [3.05, 3.63) is 119 Å². The molecule has 0 saturated carbocycles. The van der Waals surface area contributed by atoms with Crippen molar-refractivity contribution < 1.29 is 17.9 Å². The van der Waals surface area contributed by atoms with Gasteiger partial charge in [-0.3, -0.25) is 9.52 Å². The molecule has 3 aromatic carbocycles. The zero-order valence-electron chi connectivity index (χ0n) is 23.2. The average Bonchev–Trinajstić information content (AvgIpc) is 2.97. The van der Waals surface area contributed by atoms with E-state index in [0.717, 1.165) is 28.7 Å². The van der Waals surface area contributed by atoms with Crippen LogP contribution >= 0.6 is 0 Å². The van der Waals surface area contributed by atoms with Crippen molar-refractivity contribution in [3.63, 3.8) is 0 Å². The van der Waals surface area contributed by atoms with Crippen molar-refractivity contribution in [2.45, 2.75) is 50.0 Å². The van der Waals surface area contributed by atoms with Crippen LogP contribution in [0.2, 0.25) is 0 Å². The minimum atomic E-state index is -3.77. The molecule has 0 bridgehead atoms. The van der Waals surface area contributed by atoms with Crippen LogP contribution in [0.1, 0.15) is 48.3 Å². The quantitative estimate of drug-likeness (QED) is 0.188.